The summed E-state index contributed by atoms with van der Waals surface area (Å²) in [5.74, 6) is 0. The van der Waals surface area contributed by atoms with Crippen molar-refractivity contribution in [1.29, 1.82) is 5.26 Å². The Morgan fingerprint density at radius 2 is 1.46 bits per heavy atom. The number of anilines is 3. The van der Waals surface area contributed by atoms with Crippen LogP contribution in [0, 0.1) is 11.3 Å². The summed E-state index contributed by atoms with van der Waals surface area (Å²) in [6, 6.07) is 38.8. The monoisotopic (exact) mass is 605 g/mol. The van der Waals surface area contributed by atoms with Crippen LogP contribution in [0.15, 0.2) is 109 Å². The third-order valence-corrected chi connectivity index (χ3v) is 11.1. The first-order chi connectivity index (χ1) is 18.3. The average Bonchev–Trinajstić information content (AvgIpc) is 3.42. The van der Waals surface area contributed by atoms with Crippen molar-refractivity contribution in [2.24, 2.45) is 0 Å². The van der Waals surface area contributed by atoms with Crippen LogP contribution in [0.2, 0.25) is 0 Å². The molecule has 1 aliphatic heterocycles. The van der Waals surface area contributed by atoms with E-state index in [4.69, 9.17) is 4.98 Å². The van der Waals surface area contributed by atoms with E-state index in [1.165, 1.54) is 40.1 Å². The number of allylic oxidation sites excluding steroid dienone is 1. The van der Waals surface area contributed by atoms with E-state index < -0.39 is 0 Å². The Hall–Kier alpha value is -3.90. The summed E-state index contributed by atoms with van der Waals surface area (Å²) in [5.41, 5.74) is 3.86. The summed E-state index contributed by atoms with van der Waals surface area (Å²) >= 11 is 0.368. The van der Waals surface area contributed by atoms with E-state index in [-0.39, 0.29) is 14.5 Å². The summed E-state index contributed by atoms with van der Waals surface area (Å²) in [5, 5.41) is 14.6. The molecular formula is C32H19N3Se2. The van der Waals surface area contributed by atoms with Crippen molar-refractivity contribution >= 4 is 87.5 Å². The number of hydrogen-bond acceptors (Lipinski definition) is 3. The standard InChI is InChI=1S/C32H19N3Se2/c33-19-23(27-18-22-14-13-21-7-1-2-8-25(21)26(22)20-34-27)17-24-15-16-32(36-24)35-28-9-3-5-11-30(28)37-31-12-6-4-10-29(31)35/h1-18,20H/b23-17+. The number of fused-ring (bicyclic) bond motifs is 5. The number of benzene rings is 4. The van der Waals surface area contributed by atoms with Crippen molar-refractivity contribution in [3.8, 4) is 6.07 Å². The molecule has 0 bridgehead atoms. The molecule has 0 amide bonds. The van der Waals surface area contributed by atoms with Gasteiger partial charge in [0.15, 0.2) is 0 Å². The quantitative estimate of drug-likeness (QED) is 0.143. The van der Waals surface area contributed by atoms with Gasteiger partial charge in [-0.05, 0) is 0 Å². The van der Waals surface area contributed by atoms with E-state index in [0.29, 0.717) is 26.2 Å². The minimum absolute atomic E-state index is 0.0692. The van der Waals surface area contributed by atoms with Gasteiger partial charge in [0.1, 0.15) is 0 Å². The summed E-state index contributed by atoms with van der Waals surface area (Å²) in [6.45, 7) is 0. The van der Waals surface area contributed by atoms with Gasteiger partial charge in [-0.2, -0.15) is 0 Å². The third kappa shape index (κ3) is 3.92. The fourth-order valence-corrected chi connectivity index (χ4v) is 9.11. The SMILES string of the molecule is N#C/C(=C\c1ccc(N2c3ccccc3[Se]c3ccccc32)[se]1)c1cc2ccc3ccccc3c2cn1. The number of aromatic nitrogens is 1. The van der Waals surface area contributed by atoms with Crippen LogP contribution in [-0.2, 0) is 0 Å². The van der Waals surface area contributed by atoms with Gasteiger partial charge in [-0.15, -0.1) is 0 Å². The molecule has 2 aromatic heterocycles. The molecule has 3 nitrogen and oxygen atoms in total. The van der Waals surface area contributed by atoms with Crippen LogP contribution >= 0.6 is 0 Å². The molecular weight excluding hydrogens is 584 g/mol. The minimum atomic E-state index is 0.0692. The molecule has 0 N–H and O–H groups in total. The van der Waals surface area contributed by atoms with Gasteiger partial charge in [-0.3, -0.25) is 0 Å². The molecule has 6 aromatic rings. The van der Waals surface area contributed by atoms with Gasteiger partial charge in [-0.1, -0.05) is 0 Å². The molecule has 0 aliphatic carbocycles. The van der Waals surface area contributed by atoms with Crippen molar-refractivity contribution in [2.45, 2.75) is 0 Å². The Balaban J connectivity index is 1.28. The van der Waals surface area contributed by atoms with Crippen LogP contribution in [0.1, 0.15) is 10.1 Å². The molecule has 5 heteroatoms. The van der Waals surface area contributed by atoms with Crippen molar-refractivity contribution in [1.82, 2.24) is 4.98 Å². The maximum atomic E-state index is 10.1. The molecule has 0 spiro atoms. The fourth-order valence-electron chi connectivity index (χ4n) is 4.84. The van der Waals surface area contributed by atoms with Gasteiger partial charge < -0.3 is 0 Å². The number of para-hydroxylation sites is 2. The number of pyridine rings is 1. The molecule has 174 valence electrons. The van der Waals surface area contributed by atoms with Crippen LogP contribution in [0.3, 0.4) is 0 Å². The molecule has 4 aromatic carbocycles. The molecule has 0 saturated heterocycles. The molecule has 37 heavy (non-hydrogen) atoms. The van der Waals surface area contributed by atoms with E-state index in [1.807, 2.05) is 24.4 Å². The molecule has 0 fully saturated rings. The van der Waals surface area contributed by atoms with Crippen molar-refractivity contribution in [3.63, 3.8) is 0 Å². The van der Waals surface area contributed by atoms with Gasteiger partial charge in [0.05, 0.1) is 0 Å². The van der Waals surface area contributed by atoms with Gasteiger partial charge in [0.2, 0.25) is 0 Å². The summed E-state index contributed by atoms with van der Waals surface area (Å²) in [4.78, 5) is 7.12. The summed E-state index contributed by atoms with van der Waals surface area (Å²) < 4.78 is 5.26. The maximum absolute atomic E-state index is 10.1. The normalized spacial score (nSPS) is 12.8. The molecule has 0 atom stereocenters. The van der Waals surface area contributed by atoms with Crippen LogP contribution in [0.5, 0.6) is 0 Å². The van der Waals surface area contributed by atoms with Gasteiger partial charge in [0.25, 0.3) is 0 Å². The Morgan fingerprint density at radius 3 is 2.24 bits per heavy atom. The topological polar surface area (TPSA) is 39.9 Å². The second kappa shape index (κ2) is 9.20. The van der Waals surface area contributed by atoms with E-state index in [2.05, 4.69) is 102 Å². The van der Waals surface area contributed by atoms with Crippen LogP contribution in [0.4, 0.5) is 15.9 Å². The molecule has 1 aliphatic rings. The fraction of sp³-hybridized carbons (Fsp3) is 0. The van der Waals surface area contributed by atoms with Crippen LogP contribution in [0.25, 0.3) is 33.2 Å². The second-order valence-corrected chi connectivity index (χ2v) is 13.4. The van der Waals surface area contributed by atoms with Gasteiger partial charge in [-0.25, -0.2) is 0 Å². The number of nitrogens with zero attached hydrogens (tertiary/aromatic N) is 3. The first-order valence-corrected chi connectivity index (χ1v) is 15.4. The first-order valence-electron chi connectivity index (χ1n) is 11.9. The number of nitriles is 1. The Morgan fingerprint density at radius 1 is 0.757 bits per heavy atom. The van der Waals surface area contributed by atoms with Crippen molar-refractivity contribution in [2.75, 3.05) is 4.90 Å². The van der Waals surface area contributed by atoms with Gasteiger partial charge >= 0.3 is 228 Å². The van der Waals surface area contributed by atoms with Crippen LogP contribution in [-0.4, -0.2) is 34.4 Å². The van der Waals surface area contributed by atoms with E-state index in [1.54, 1.807) is 0 Å². The zero-order valence-corrected chi connectivity index (χ0v) is 23.1. The van der Waals surface area contributed by atoms with Gasteiger partial charge in [0, 0.05) is 0 Å². The van der Waals surface area contributed by atoms with E-state index in [9.17, 15) is 5.26 Å². The van der Waals surface area contributed by atoms with Crippen molar-refractivity contribution < 1.29 is 0 Å². The zero-order chi connectivity index (χ0) is 24.8. The zero-order valence-electron chi connectivity index (χ0n) is 19.6. The van der Waals surface area contributed by atoms with Crippen molar-refractivity contribution in [3.05, 3.63) is 119 Å². The Kier molecular flexibility index (Phi) is 5.55. The molecule has 0 unspecified atom stereocenters. The van der Waals surface area contributed by atoms with E-state index >= 15 is 0 Å². The first kappa shape index (κ1) is 22.3. The number of hydrogen-bond donors (Lipinski definition) is 0. The molecule has 0 saturated carbocycles. The predicted molar refractivity (Wildman–Crippen MR) is 156 cm³/mol. The van der Waals surface area contributed by atoms with E-state index in [0.717, 1.165) is 10.8 Å². The Labute approximate surface area is 227 Å². The number of rotatable bonds is 3. The Bertz CT molecular complexity index is 1850. The third-order valence-electron chi connectivity index (χ3n) is 6.58. The molecule has 7 rings (SSSR count). The second-order valence-electron chi connectivity index (χ2n) is 8.80. The summed E-state index contributed by atoms with van der Waals surface area (Å²) in [7, 11) is 0. The molecule has 3 heterocycles. The molecule has 0 radical (unpaired) electrons. The summed E-state index contributed by atoms with van der Waals surface area (Å²) in [6.07, 6.45) is 3.92. The van der Waals surface area contributed by atoms with Crippen LogP contribution < -0.4 is 13.8 Å². The predicted octanol–water partition coefficient (Wildman–Crippen LogP) is 5.95. The average molecular weight is 603 g/mol.